The second-order valence-corrected chi connectivity index (χ2v) is 5.55. The van der Waals surface area contributed by atoms with Gasteiger partial charge in [0.2, 0.25) is 5.89 Å². The predicted molar refractivity (Wildman–Crippen MR) is 86.0 cm³/mol. The van der Waals surface area contributed by atoms with Gasteiger partial charge in [-0.1, -0.05) is 0 Å². The summed E-state index contributed by atoms with van der Waals surface area (Å²) >= 11 is 0. The zero-order valence-electron chi connectivity index (χ0n) is 13.9. The highest BCUT2D eigenvalue weighted by atomic mass is 16.5. The Labute approximate surface area is 135 Å². The summed E-state index contributed by atoms with van der Waals surface area (Å²) in [7, 11) is 1.62. The van der Waals surface area contributed by atoms with Crippen molar-refractivity contribution in [2.75, 3.05) is 13.7 Å². The number of nitrogens with one attached hydrogen (secondary N) is 1. The SMILES string of the molecule is CCOC(=O)C(C)(C)NCc1ncc(-c2ccc(OC)cc2)o1. The van der Waals surface area contributed by atoms with Crippen molar-refractivity contribution in [1.82, 2.24) is 10.3 Å². The lowest BCUT2D eigenvalue weighted by Gasteiger charge is -2.22. The molecule has 0 fully saturated rings. The molecule has 1 N–H and O–H groups in total. The summed E-state index contributed by atoms with van der Waals surface area (Å²) < 4.78 is 15.9. The highest BCUT2D eigenvalue weighted by Gasteiger charge is 2.28. The Morgan fingerprint density at radius 2 is 2.00 bits per heavy atom. The van der Waals surface area contributed by atoms with Crippen molar-refractivity contribution in [3.8, 4) is 17.1 Å². The smallest absolute Gasteiger partial charge is 0.325 e. The third-order valence-electron chi connectivity index (χ3n) is 3.40. The minimum absolute atomic E-state index is 0.304. The van der Waals surface area contributed by atoms with Gasteiger partial charge in [0.15, 0.2) is 5.76 Å². The number of rotatable bonds is 7. The zero-order valence-corrected chi connectivity index (χ0v) is 13.9. The molecule has 0 radical (unpaired) electrons. The molecule has 2 rings (SSSR count). The van der Waals surface area contributed by atoms with Crippen LogP contribution in [0.3, 0.4) is 0 Å². The molecule has 0 amide bonds. The maximum absolute atomic E-state index is 11.8. The largest absolute Gasteiger partial charge is 0.497 e. The molecule has 0 aliphatic heterocycles. The van der Waals surface area contributed by atoms with Crippen LogP contribution in [0.1, 0.15) is 26.7 Å². The molecule has 6 heteroatoms. The normalized spacial score (nSPS) is 11.3. The number of methoxy groups -OCH3 is 1. The van der Waals surface area contributed by atoms with Crippen LogP contribution < -0.4 is 10.1 Å². The van der Waals surface area contributed by atoms with E-state index in [1.165, 1.54) is 0 Å². The van der Waals surface area contributed by atoms with E-state index >= 15 is 0 Å². The van der Waals surface area contributed by atoms with E-state index in [1.54, 1.807) is 34.1 Å². The Morgan fingerprint density at radius 1 is 1.30 bits per heavy atom. The van der Waals surface area contributed by atoms with Gasteiger partial charge in [-0.3, -0.25) is 10.1 Å². The molecule has 0 saturated carbocycles. The molecule has 1 heterocycles. The van der Waals surface area contributed by atoms with Crippen LogP contribution in [0.5, 0.6) is 5.75 Å². The number of carbonyl (C=O) groups excluding carboxylic acids is 1. The second-order valence-electron chi connectivity index (χ2n) is 5.55. The monoisotopic (exact) mass is 318 g/mol. The lowest BCUT2D eigenvalue weighted by Crippen LogP contribution is -2.47. The van der Waals surface area contributed by atoms with Crippen LogP contribution in [0, 0.1) is 0 Å². The molecule has 6 nitrogen and oxygen atoms in total. The van der Waals surface area contributed by atoms with Crippen molar-refractivity contribution >= 4 is 5.97 Å². The highest BCUT2D eigenvalue weighted by Crippen LogP contribution is 2.23. The standard InChI is InChI=1S/C17H22N2O4/c1-5-22-16(20)17(2,3)19-11-15-18-10-14(23-15)12-6-8-13(21-4)9-7-12/h6-10,19H,5,11H2,1-4H3. The summed E-state index contributed by atoms with van der Waals surface area (Å²) in [4.78, 5) is 16.1. The molecule has 0 aliphatic rings. The lowest BCUT2D eigenvalue weighted by atomic mass is 10.1. The van der Waals surface area contributed by atoms with Gasteiger partial charge in [0, 0.05) is 5.56 Å². The summed E-state index contributed by atoms with van der Waals surface area (Å²) in [5, 5.41) is 3.09. The minimum atomic E-state index is -0.801. The van der Waals surface area contributed by atoms with Crippen molar-refractivity contribution in [2.45, 2.75) is 32.9 Å². The Hall–Kier alpha value is -2.34. The van der Waals surface area contributed by atoms with Gasteiger partial charge in [-0.2, -0.15) is 0 Å². The van der Waals surface area contributed by atoms with E-state index in [1.807, 2.05) is 24.3 Å². The fourth-order valence-electron chi connectivity index (χ4n) is 1.96. The maximum Gasteiger partial charge on any atom is 0.325 e. The van der Waals surface area contributed by atoms with Crippen LogP contribution in [0.4, 0.5) is 0 Å². The molecule has 0 aliphatic carbocycles. The van der Waals surface area contributed by atoms with E-state index in [0.29, 0.717) is 24.8 Å². The summed E-state index contributed by atoms with van der Waals surface area (Å²) in [5.41, 5.74) is 0.110. The minimum Gasteiger partial charge on any atom is -0.497 e. The quantitative estimate of drug-likeness (QED) is 0.791. The highest BCUT2D eigenvalue weighted by molar-refractivity contribution is 5.79. The third kappa shape index (κ3) is 4.32. The van der Waals surface area contributed by atoms with E-state index in [4.69, 9.17) is 13.9 Å². The van der Waals surface area contributed by atoms with Crippen LogP contribution in [-0.4, -0.2) is 30.2 Å². The Bertz CT molecular complexity index is 647. The summed E-state index contributed by atoms with van der Waals surface area (Å²) in [6, 6.07) is 7.53. The number of hydrogen-bond acceptors (Lipinski definition) is 6. The fraction of sp³-hybridized carbons (Fsp3) is 0.412. The number of benzene rings is 1. The molecule has 1 aromatic heterocycles. The van der Waals surface area contributed by atoms with Gasteiger partial charge in [0.1, 0.15) is 11.3 Å². The van der Waals surface area contributed by atoms with E-state index < -0.39 is 5.54 Å². The average Bonchev–Trinajstić information content (AvgIpc) is 3.02. The molecule has 0 unspecified atom stereocenters. The third-order valence-corrected chi connectivity index (χ3v) is 3.40. The Balaban J connectivity index is 2.00. The lowest BCUT2D eigenvalue weighted by molar-refractivity contribution is -0.149. The molecule has 0 bridgehead atoms. The molecule has 0 spiro atoms. The maximum atomic E-state index is 11.8. The van der Waals surface area contributed by atoms with Gasteiger partial charge < -0.3 is 13.9 Å². The van der Waals surface area contributed by atoms with Crippen molar-refractivity contribution in [3.05, 3.63) is 36.4 Å². The van der Waals surface area contributed by atoms with Crippen molar-refractivity contribution in [2.24, 2.45) is 0 Å². The van der Waals surface area contributed by atoms with Gasteiger partial charge in [-0.05, 0) is 45.0 Å². The molecule has 2 aromatic rings. The zero-order chi connectivity index (χ0) is 16.9. The Kier molecular flexibility index (Phi) is 5.39. The van der Waals surface area contributed by atoms with E-state index in [0.717, 1.165) is 11.3 Å². The van der Waals surface area contributed by atoms with Crippen molar-refractivity contribution < 1.29 is 18.7 Å². The number of nitrogens with zero attached hydrogens (tertiary/aromatic N) is 1. The molecular formula is C17H22N2O4. The number of carbonyl (C=O) groups is 1. The Morgan fingerprint density at radius 3 is 2.61 bits per heavy atom. The first kappa shape index (κ1) is 17.0. The number of esters is 1. The molecule has 1 aromatic carbocycles. The number of hydrogen-bond donors (Lipinski definition) is 1. The molecular weight excluding hydrogens is 296 g/mol. The summed E-state index contributed by atoms with van der Waals surface area (Å²) in [5.74, 6) is 1.65. The van der Waals surface area contributed by atoms with Crippen molar-refractivity contribution in [1.29, 1.82) is 0 Å². The van der Waals surface area contributed by atoms with Gasteiger partial charge in [0.05, 0.1) is 26.5 Å². The number of aromatic nitrogens is 1. The molecule has 23 heavy (non-hydrogen) atoms. The van der Waals surface area contributed by atoms with Crippen LogP contribution >= 0.6 is 0 Å². The molecule has 0 saturated heterocycles. The van der Waals surface area contributed by atoms with E-state index in [2.05, 4.69) is 10.3 Å². The van der Waals surface area contributed by atoms with Gasteiger partial charge in [-0.15, -0.1) is 0 Å². The van der Waals surface area contributed by atoms with Crippen LogP contribution in [0.25, 0.3) is 11.3 Å². The van der Waals surface area contributed by atoms with Gasteiger partial charge in [0.25, 0.3) is 0 Å². The number of oxazole rings is 1. The fourth-order valence-corrected chi connectivity index (χ4v) is 1.96. The van der Waals surface area contributed by atoms with Gasteiger partial charge in [-0.25, -0.2) is 4.98 Å². The second kappa shape index (κ2) is 7.28. The van der Waals surface area contributed by atoms with Crippen molar-refractivity contribution in [3.63, 3.8) is 0 Å². The van der Waals surface area contributed by atoms with Crippen LogP contribution in [0.15, 0.2) is 34.9 Å². The average molecular weight is 318 g/mol. The van der Waals surface area contributed by atoms with E-state index in [-0.39, 0.29) is 5.97 Å². The van der Waals surface area contributed by atoms with Crippen LogP contribution in [-0.2, 0) is 16.1 Å². The van der Waals surface area contributed by atoms with Gasteiger partial charge >= 0.3 is 5.97 Å². The number of ether oxygens (including phenoxy) is 2. The summed E-state index contributed by atoms with van der Waals surface area (Å²) in [6.07, 6.45) is 1.66. The topological polar surface area (TPSA) is 73.6 Å². The first-order chi connectivity index (χ1) is 11.0. The molecule has 0 atom stereocenters. The first-order valence-corrected chi connectivity index (χ1v) is 7.47. The molecule has 124 valence electrons. The summed E-state index contributed by atoms with van der Waals surface area (Å²) in [6.45, 7) is 5.99. The first-order valence-electron chi connectivity index (χ1n) is 7.47. The van der Waals surface area contributed by atoms with E-state index in [9.17, 15) is 4.79 Å². The predicted octanol–water partition coefficient (Wildman–Crippen LogP) is 2.78. The van der Waals surface area contributed by atoms with Crippen LogP contribution in [0.2, 0.25) is 0 Å².